The minimum atomic E-state index is 0.605. The Labute approximate surface area is 200 Å². The molecule has 0 aromatic carbocycles. The van der Waals surface area contributed by atoms with Gasteiger partial charge in [-0.1, -0.05) is 97.3 Å². The van der Waals surface area contributed by atoms with Crippen LogP contribution in [0.25, 0.3) is 0 Å². The Balaban J connectivity index is 2.98. The molecule has 0 radical (unpaired) electrons. The van der Waals surface area contributed by atoms with E-state index in [1.165, 1.54) is 89.9 Å². The lowest BCUT2D eigenvalue weighted by atomic mass is 10.0. The first-order valence-corrected chi connectivity index (χ1v) is 13.8. The van der Waals surface area contributed by atoms with Gasteiger partial charge in [0.25, 0.3) is 0 Å². The summed E-state index contributed by atoms with van der Waals surface area (Å²) in [5.74, 6) is 0. The van der Waals surface area contributed by atoms with E-state index in [0.29, 0.717) is 52.9 Å². The summed E-state index contributed by atoms with van der Waals surface area (Å²) in [6, 6.07) is 0. The molecule has 0 aliphatic rings. The van der Waals surface area contributed by atoms with Gasteiger partial charge in [-0.25, -0.2) is 0 Å². The van der Waals surface area contributed by atoms with Crippen molar-refractivity contribution in [2.24, 2.45) is 0 Å². The summed E-state index contributed by atoms with van der Waals surface area (Å²) >= 11 is 0. The van der Waals surface area contributed by atoms with Gasteiger partial charge >= 0.3 is 0 Å². The number of hydrogen-bond acceptors (Lipinski definition) is 5. The van der Waals surface area contributed by atoms with E-state index in [4.69, 9.17) is 23.7 Å². The Hall–Kier alpha value is -0.200. The average Bonchev–Trinajstić information content (AvgIpc) is 2.81. The highest BCUT2D eigenvalue weighted by Crippen LogP contribution is 2.12. The van der Waals surface area contributed by atoms with Crippen molar-refractivity contribution in [2.75, 3.05) is 66.1 Å². The van der Waals surface area contributed by atoms with Crippen LogP contribution in [0.5, 0.6) is 0 Å². The predicted molar refractivity (Wildman–Crippen MR) is 135 cm³/mol. The van der Waals surface area contributed by atoms with Crippen molar-refractivity contribution in [1.82, 2.24) is 0 Å². The van der Waals surface area contributed by atoms with Crippen LogP contribution in [0.4, 0.5) is 0 Å². The van der Waals surface area contributed by atoms with Crippen molar-refractivity contribution in [2.45, 2.75) is 110 Å². The Morgan fingerprint density at radius 2 is 0.500 bits per heavy atom. The van der Waals surface area contributed by atoms with Gasteiger partial charge in [0.2, 0.25) is 0 Å². The van der Waals surface area contributed by atoms with Gasteiger partial charge in [0.1, 0.15) is 0 Å². The first-order valence-electron chi connectivity index (χ1n) is 13.8. The Morgan fingerprint density at radius 1 is 0.250 bits per heavy atom. The SMILES string of the molecule is CCCCCCCCCCCCCCCOCCOCCOCCOCCOCCCC. The van der Waals surface area contributed by atoms with Crippen molar-refractivity contribution < 1.29 is 23.7 Å². The molecule has 0 aromatic rings. The molecular weight excluding hydrogens is 404 g/mol. The minimum Gasteiger partial charge on any atom is -0.379 e. The van der Waals surface area contributed by atoms with Gasteiger partial charge in [0.15, 0.2) is 0 Å². The minimum absolute atomic E-state index is 0.605. The summed E-state index contributed by atoms with van der Waals surface area (Å²) < 4.78 is 27.5. The van der Waals surface area contributed by atoms with Gasteiger partial charge in [-0.05, 0) is 12.8 Å². The van der Waals surface area contributed by atoms with Crippen LogP contribution in [-0.2, 0) is 23.7 Å². The van der Waals surface area contributed by atoms with Crippen molar-refractivity contribution >= 4 is 0 Å². The van der Waals surface area contributed by atoms with Crippen LogP contribution in [0.3, 0.4) is 0 Å². The normalized spacial score (nSPS) is 11.4. The molecule has 0 heterocycles. The van der Waals surface area contributed by atoms with E-state index >= 15 is 0 Å². The Morgan fingerprint density at radius 3 is 0.844 bits per heavy atom. The molecule has 0 aromatic heterocycles. The zero-order valence-corrected chi connectivity index (χ0v) is 21.7. The molecule has 0 rings (SSSR count). The topological polar surface area (TPSA) is 46.2 Å². The highest BCUT2D eigenvalue weighted by molar-refractivity contribution is 4.49. The molecule has 0 amide bonds. The maximum Gasteiger partial charge on any atom is 0.0701 e. The largest absolute Gasteiger partial charge is 0.379 e. The Kier molecular flexibility index (Phi) is 30.6. The van der Waals surface area contributed by atoms with Crippen molar-refractivity contribution in [3.8, 4) is 0 Å². The molecule has 32 heavy (non-hydrogen) atoms. The van der Waals surface area contributed by atoms with Crippen molar-refractivity contribution in [1.29, 1.82) is 0 Å². The highest BCUT2D eigenvalue weighted by Gasteiger charge is 1.96. The first kappa shape index (κ1) is 31.8. The van der Waals surface area contributed by atoms with Crippen LogP contribution in [0.1, 0.15) is 110 Å². The summed E-state index contributed by atoms with van der Waals surface area (Å²) in [6.07, 6.45) is 20.3. The van der Waals surface area contributed by atoms with Gasteiger partial charge in [-0.15, -0.1) is 0 Å². The second-order valence-corrected chi connectivity index (χ2v) is 8.66. The molecule has 0 fully saturated rings. The van der Waals surface area contributed by atoms with E-state index in [1.54, 1.807) is 0 Å². The van der Waals surface area contributed by atoms with E-state index < -0.39 is 0 Å². The monoisotopic (exact) mass is 460 g/mol. The lowest BCUT2D eigenvalue weighted by molar-refractivity contribution is -0.0113. The van der Waals surface area contributed by atoms with Gasteiger partial charge in [-0.3, -0.25) is 0 Å². The number of ether oxygens (including phenoxy) is 5. The summed E-state index contributed by atoms with van der Waals surface area (Å²) in [5.41, 5.74) is 0. The number of unbranched alkanes of at least 4 members (excludes halogenated alkanes) is 13. The average molecular weight is 461 g/mol. The molecule has 0 saturated heterocycles. The van der Waals surface area contributed by atoms with Crippen LogP contribution in [0.15, 0.2) is 0 Å². The third kappa shape index (κ3) is 29.8. The Bertz CT molecular complexity index is 284. The van der Waals surface area contributed by atoms with Crippen LogP contribution in [0.2, 0.25) is 0 Å². The first-order chi connectivity index (χ1) is 15.9. The molecular formula is C27H56O5. The van der Waals surface area contributed by atoms with E-state index in [-0.39, 0.29) is 0 Å². The molecule has 0 spiro atoms. The summed E-state index contributed by atoms with van der Waals surface area (Å²) in [7, 11) is 0. The van der Waals surface area contributed by atoms with Crippen LogP contribution in [0, 0.1) is 0 Å². The number of hydrogen-bond donors (Lipinski definition) is 0. The van der Waals surface area contributed by atoms with E-state index in [9.17, 15) is 0 Å². The van der Waals surface area contributed by atoms with Gasteiger partial charge in [0, 0.05) is 13.2 Å². The smallest absolute Gasteiger partial charge is 0.0701 e. The van der Waals surface area contributed by atoms with Gasteiger partial charge < -0.3 is 23.7 Å². The molecule has 0 atom stereocenters. The molecule has 0 aliphatic carbocycles. The lowest BCUT2D eigenvalue weighted by Gasteiger charge is -2.08. The summed E-state index contributed by atoms with van der Waals surface area (Å²) in [5, 5.41) is 0. The maximum absolute atomic E-state index is 5.64. The van der Waals surface area contributed by atoms with E-state index in [0.717, 1.165) is 19.6 Å². The van der Waals surface area contributed by atoms with Crippen LogP contribution in [-0.4, -0.2) is 66.1 Å². The zero-order chi connectivity index (χ0) is 23.2. The fourth-order valence-corrected chi connectivity index (χ4v) is 3.45. The molecule has 5 nitrogen and oxygen atoms in total. The highest BCUT2D eigenvalue weighted by atomic mass is 16.6. The third-order valence-electron chi connectivity index (χ3n) is 5.52. The third-order valence-corrected chi connectivity index (χ3v) is 5.52. The molecule has 5 heteroatoms. The standard InChI is InChI=1S/C27H56O5/c1-3-5-7-8-9-10-11-12-13-14-15-16-17-19-29-21-23-31-25-27-32-26-24-30-22-20-28-18-6-4-2/h3-27H2,1-2H3. The van der Waals surface area contributed by atoms with Crippen molar-refractivity contribution in [3.63, 3.8) is 0 Å². The fraction of sp³-hybridized carbons (Fsp3) is 1.00. The van der Waals surface area contributed by atoms with E-state index in [2.05, 4.69) is 13.8 Å². The van der Waals surface area contributed by atoms with E-state index in [1.807, 2.05) is 0 Å². The second-order valence-electron chi connectivity index (χ2n) is 8.66. The molecule has 194 valence electrons. The summed E-state index contributed by atoms with van der Waals surface area (Å²) in [6.45, 7) is 11.2. The molecule has 0 saturated carbocycles. The van der Waals surface area contributed by atoms with Gasteiger partial charge in [-0.2, -0.15) is 0 Å². The summed E-state index contributed by atoms with van der Waals surface area (Å²) in [4.78, 5) is 0. The molecule has 0 aliphatic heterocycles. The second kappa shape index (κ2) is 30.8. The zero-order valence-electron chi connectivity index (χ0n) is 21.7. The number of rotatable bonds is 29. The maximum atomic E-state index is 5.64. The molecule has 0 unspecified atom stereocenters. The van der Waals surface area contributed by atoms with Crippen molar-refractivity contribution in [3.05, 3.63) is 0 Å². The predicted octanol–water partition coefficient (Wildman–Crippen LogP) is 6.96. The quantitative estimate of drug-likeness (QED) is 0.113. The lowest BCUT2D eigenvalue weighted by Crippen LogP contribution is -2.13. The van der Waals surface area contributed by atoms with Crippen LogP contribution >= 0.6 is 0 Å². The van der Waals surface area contributed by atoms with Crippen LogP contribution < -0.4 is 0 Å². The molecule has 0 N–H and O–H groups in total. The van der Waals surface area contributed by atoms with Gasteiger partial charge in [0.05, 0.1) is 52.9 Å². The molecule has 0 bridgehead atoms. The fourth-order valence-electron chi connectivity index (χ4n) is 3.45.